The molecule has 2 amide bonds. The Morgan fingerprint density at radius 1 is 1.35 bits per heavy atom. The minimum absolute atomic E-state index is 0.00762. The van der Waals surface area contributed by atoms with Crippen LogP contribution in [0.2, 0.25) is 0 Å². The van der Waals surface area contributed by atoms with E-state index in [1.54, 1.807) is 19.1 Å². The Bertz CT molecular complexity index is 592. The van der Waals surface area contributed by atoms with Crippen molar-refractivity contribution in [3.63, 3.8) is 0 Å². The van der Waals surface area contributed by atoms with Crippen LogP contribution in [0.1, 0.15) is 11.1 Å². The van der Waals surface area contributed by atoms with E-state index < -0.39 is 16.7 Å². The SMILES string of the molecule is Cc1c(CNC(=O)C(=O)NCC#N)cccc1[N+](=O)[O-]. The Balaban J connectivity index is 2.69. The van der Waals surface area contributed by atoms with Gasteiger partial charge in [0.25, 0.3) is 5.69 Å². The fraction of sp³-hybridized carbons (Fsp3) is 0.250. The lowest BCUT2D eigenvalue weighted by Crippen LogP contribution is -2.39. The largest absolute Gasteiger partial charge is 0.344 e. The highest BCUT2D eigenvalue weighted by molar-refractivity contribution is 6.35. The molecule has 2 N–H and O–H groups in total. The van der Waals surface area contributed by atoms with Crippen LogP contribution < -0.4 is 10.6 Å². The maximum Gasteiger partial charge on any atom is 0.310 e. The number of nitro benzene ring substituents is 1. The fourth-order valence-corrected chi connectivity index (χ4v) is 1.52. The van der Waals surface area contributed by atoms with Gasteiger partial charge < -0.3 is 10.6 Å². The number of nitrogens with one attached hydrogen (secondary N) is 2. The van der Waals surface area contributed by atoms with E-state index in [2.05, 4.69) is 10.6 Å². The van der Waals surface area contributed by atoms with E-state index in [1.165, 1.54) is 12.1 Å². The van der Waals surface area contributed by atoms with Gasteiger partial charge in [-0.05, 0) is 12.5 Å². The van der Waals surface area contributed by atoms with Crippen LogP contribution >= 0.6 is 0 Å². The summed E-state index contributed by atoms with van der Waals surface area (Å²) in [4.78, 5) is 32.8. The van der Waals surface area contributed by atoms with Crippen molar-refractivity contribution in [2.45, 2.75) is 13.5 Å². The number of hydrogen-bond acceptors (Lipinski definition) is 5. The molecule has 1 aromatic carbocycles. The number of amides is 2. The topological polar surface area (TPSA) is 125 Å². The molecular formula is C12H12N4O4. The molecule has 0 spiro atoms. The molecule has 0 radical (unpaired) electrons. The Labute approximate surface area is 114 Å². The van der Waals surface area contributed by atoms with Gasteiger partial charge in [-0.25, -0.2) is 0 Å². The van der Waals surface area contributed by atoms with Crippen molar-refractivity contribution in [2.75, 3.05) is 6.54 Å². The molecule has 0 aliphatic rings. The molecule has 20 heavy (non-hydrogen) atoms. The molecule has 0 aliphatic heterocycles. The van der Waals surface area contributed by atoms with E-state index in [0.717, 1.165) is 0 Å². The van der Waals surface area contributed by atoms with Gasteiger partial charge in [-0.3, -0.25) is 19.7 Å². The van der Waals surface area contributed by atoms with E-state index in [1.807, 2.05) is 0 Å². The van der Waals surface area contributed by atoms with Crippen LogP contribution in [0.5, 0.6) is 0 Å². The normalized spacial score (nSPS) is 9.40. The maximum atomic E-state index is 11.4. The first-order chi connectivity index (χ1) is 9.47. The highest BCUT2D eigenvalue weighted by Crippen LogP contribution is 2.20. The average Bonchev–Trinajstić information content (AvgIpc) is 2.42. The Hall–Kier alpha value is -2.95. The summed E-state index contributed by atoms with van der Waals surface area (Å²) in [5.74, 6) is -1.82. The van der Waals surface area contributed by atoms with Gasteiger partial charge in [0.1, 0.15) is 6.54 Å². The molecule has 0 aliphatic carbocycles. The van der Waals surface area contributed by atoms with Gasteiger partial charge in [-0.1, -0.05) is 12.1 Å². The number of nitro groups is 1. The second-order valence-corrected chi connectivity index (χ2v) is 3.84. The lowest BCUT2D eigenvalue weighted by molar-refractivity contribution is -0.385. The smallest absolute Gasteiger partial charge is 0.310 e. The zero-order chi connectivity index (χ0) is 15.1. The Morgan fingerprint density at radius 2 is 2.00 bits per heavy atom. The third kappa shape index (κ3) is 3.78. The van der Waals surface area contributed by atoms with Crippen molar-refractivity contribution < 1.29 is 14.5 Å². The zero-order valence-corrected chi connectivity index (χ0v) is 10.7. The number of rotatable bonds is 4. The summed E-state index contributed by atoms with van der Waals surface area (Å²) in [6.07, 6.45) is 0. The second-order valence-electron chi connectivity index (χ2n) is 3.84. The number of nitrogens with zero attached hydrogens (tertiary/aromatic N) is 2. The second kappa shape index (κ2) is 6.84. The summed E-state index contributed by atoms with van der Waals surface area (Å²) in [6.45, 7) is 1.30. The van der Waals surface area contributed by atoms with Crippen LogP contribution in [0, 0.1) is 28.4 Å². The van der Waals surface area contributed by atoms with Gasteiger partial charge in [-0.15, -0.1) is 0 Å². The minimum atomic E-state index is -0.922. The molecule has 8 nitrogen and oxygen atoms in total. The Morgan fingerprint density at radius 3 is 2.60 bits per heavy atom. The summed E-state index contributed by atoms with van der Waals surface area (Å²) >= 11 is 0. The van der Waals surface area contributed by atoms with Crippen molar-refractivity contribution in [3.05, 3.63) is 39.4 Å². The highest BCUT2D eigenvalue weighted by Gasteiger charge is 2.16. The summed E-state index contributed by atoms with van der Waals surface area (Å²) in [6, 6.07) is 6.15. The molecule has 8 heteroatoms. The number of benzene rings is 1. The lowest BCUT2D eigenvalue weighted by Gasteiger charge is -2.07. The summed E-state index contributed by atoms with van der Waals surface area (Å²) in [5.41, 5.74) is 0.918. The number of hydrogen-bond donors (Lipinski definition) is 2. The van der Waals surface area contributed by atoms with Crippen molar-refractivity contribution >= 4 is 17.5 Å². The highest BCUT2D eigenvalue weighted by atomic mass is 16.6. The molecular weight excluding hydrogens is 264 g/mol. The molecule has 104 valence electrons. The Kier molecular flexibility index (Phi) is 5.17. The molecule has 0 saturated carbocycles. The van der Waals surface area contributed by atoms with Gasteiger partial charge >= 0.3 is 11.8 Å². The minimum Gasteiger partial charge on any atom is -0.344 e. The third-order valence-corrected chi connectivity index (χ3v) is 2.59. The number of carbonyl (C=O) groups is 2. The molecule has 1 aromatic rings. The molecule has 1 rings (SSSR count). The standard InChI is InChI=1S/C12H12N4O4/c1-8-9(3-2-4-10(8)16(19)20)7-15-12(18)11(17)14-6-5-13/h2-4H,6-7H2,1H3,(H,14,17)(H,15,18). The predicted octanol–water partition coefficient (Wildman–Crippen LogP) is 0.159. The maximum absolute atomic E-state index is 11.4. The fourth-order valence-electron chi connectivity index (χ4n) is 1.52. The van der Waals surface area contributed by atoms with Crippen LogP contribution in [-0.2, 0) is 16.1 Å². The van der Waals surface area contributed by atoms with Crippen LogP contribution in [0.25, 0.3) is 0 Å². The molecule has 0 aromatic heterocycles. The van der Waals surface area contributed by atoms with Crippen LogP contribution in [-0.4, -0.2) is 23.3 Å². The van der Waals surface area contributed by atoms with Crippen molar-refractivity contribution in [3.8, 4) is 6.07 Å². The number of carbonyl (C=O) groups excluding carboxylic acids is 2. The number of nitriles is 1. The molecule has 0 fully saturated rings. The summed E-state index contributed by atoms with van der Waals surface area (Å²) in [5, 5.41) is 23.4. The average molecular weight is 276 g/mol. The summed E-state index contributed by atoms with van der Waals surface area (Å²) < 4.78 is 0. The van der Waals surface area contributed by atoms with Gasteiger partial charge in [0.2, 0.25) is 0 Å². The van der Waals surface area contributed by atoms with Gasteiger partial charge in [0.05, 0.1) is 11.0 Å². The molecule has 0 saturated heterocycles. The van der Waals surface area contributed by atoms with Crippen molar-refractivity contribution in [1.82, 2.24) is 10.6 Å². The lowest BCUT2D eigenvalue weighted by atomic mass is 10.1. The first kappa shape index (κ1) is 15.1. The first-order valence-corrected chi connectivity index (χ1v) is 5.63. The van der Waals surface area contributed by atoms with Crippen LogP contribution in [0.3, 0.4) is 0 Å². The van der Waals surface area contributed by atoms with Crippen molar-refractivity contribution in [1.29, 1.82) is 5.26 Å². The van der Waals surface area contributed by atoms with Crippen LogP contribution in [0.15, 0.2) is 18.2 Å². The van der Waals surface area contributed by atoms with E-state index in [4.69, 9.17) is 5.26 Å². The van der Waals surface area contributed by atoms with Gasteiger partial charge in [0.15, 0.2) is 0 Å². The quantitative estimate of drug-likeness (QED) is 0.350. The third-order valence-electron chi connectivity index (χ3n) is 2.59. The van der Waals surface area contributed by atoms with Gasteiger partial charge in [0, 0.05) is 18.2 Å². The monoisotopic (exact) mass is 276 g/mol. The summed E-state index contributed by atoms with van der Waals surface area (Å²) in [7, 11) is 0. The van der Waals surface area contributed by atoms with Gasteiger partial charge in [-0.2, -0.15) is 5.26 Å². The molecule has 0 atom stereocenters. The predicted molar refractivity (Wildman–Crippen MR) is 68.3 cm³/mol. The molecule has 0 bridgehead atoms. The van der Waals surface area contributed by atoms with E-state index in [-0.39, 0.29) is 18.8 Å². The first-order valence-electron chi connectivity index (χ1n) is 5.63. The van der Waals surface area contributed by atoms with E-state index in [0.29, 0.717) is 11.1 Å². The molecule has 0 heterocycles. The molecule has 0 unspecified atom stereocenters. The zero-order valence-electron chi connectivity index (χ0n) is 10.7. The van der Waals surface area contributed by atoms with E-state index >= 15 is 0 Å². The van der Waals surface area contributed by atoms with E-state index in [9.17, 15) is 19.7 Å². The van der Waals surface area contributed by atoms with Crippen LogP contribution in [0.4, 0.5) is 5.69 Å². The van der Waals surface area contributed by atoms with Crippen molar-refractivity contribution in [2.24, 2.45) is 0 Å².